The van der Waals surface area contributed by atoms with E-state index < -0.39 is 41.0 Å². The van der Waals surface area contributed by atoms with E-state index in [9.17, 15) is 23.5 Å². The topological polar surface area (TPSA) is 117 Å². The molecular formula is C28H25ClF4N4O6. The third kappa shape index (κ3) is 7.09. The summed E-state index contributed by atoms with van der Waals surface area (Å²) in [5, 5.41) is 11.3. The van der Waals surface area contributed by atoms with Gasteiger partial charge in [0, 0.05) is 29.8 Å². The van der Waals surface area contributed by atoms with E-state index in [-0.39, 0.29) is 58.8 Å². The molecule has 228 valence electrons. The van der Waals surface area contributed by atoms with Gasteiger partial charge in [-0.2, -0.15) is 18.4 Å². The summed E-state index contributed by atoms with van der Waals surface area (Å²) in [7, 11) is 1.31. The van der Waals surface area contributed by atoms with Crippen molar-refractivity contribution in [2.45, 2.75) is 26.6 Å². The number of carbonyl (C=O) groups excluding carboxylic acids is 1. The molecule has 43 heavy (non-hydrogen) atoms. The first-order chi connectivity index (χ1) is 20.4. The van der Waals surface area contributed by atoms with Crippen molar-refractivity contribution in [2.24, 2.45) is 7.05 Å². The molecule has 2 aromatic heterocycles. The standard InChI is InChI=1S/C28H25ClF4N4O6/c1-14(2)42-18-12-21(34-22(13-18)41-9-8-38)37-27(40)24(25(36(37)3)23-19(30)10-16(29)11-20(23)31)35-26(39)15-4-6-17(7-5-15)43-28(32)33/h4-7,10-14,28,38H,8-9H2,1-3H3,(H,35,39). The van der Waals surface area contributed by atoms with Crippen molar-refractivity contribution >= 4 is 23.2 Å². The minimum atomic E-state index is -3.08. The number of halogens is 5. The second-order valence-corrected chi connectivity index (χ2v) is 9.64. The number of nitrogens with zero attached hydrogens (tertiary/aromatic N) is 3. The van der Waals surface area contributed by atoms with Crippen molar-refractivity contribution in [2.75, 3.05) is 18.5 Å². The number of aliphatic hydroxyl groups excluding tert-OH is 1. The number of aromatic nitrogens is 3. The minimum absolute atomic E-state index is 0.0302. The highest BCUT2D eigenvalue weighted by Crippen LogP contribution is 2.34. The molecule has 0 unspecified atom stereocenters. The van der Waals surface area contributed by atoms with E-state index >= 15 is 8.78 Å². The monoisotopic (exact) mass is 624 g/mol. The van der Waals surface area contributed by atoms with Crippen molar-refractivity contribution in [1.82, 2.24) is 14.3 Å². The van der Waals surface area contributed by atoms with Crippen LogP contribution in [0.5, 0.6) is 17.4 Å². The SMILES string of the molecule is CC(C)Oc1cc(OCCO)nc(-n2c(=O)c(NC(=O)c3ccc(OC(F)F)cc3)c(-c3c(F)cc(Cl)cc3F)n2C)c1. The zero-order valence-electron chi connectivity index (χ0n) is 22.9. The molecule has 10 nitrogen and oxygen atoms in total. The predicted octanol–water partition coefficient (Wildman–Crippen LogP) is 5.18. The quantitative estimate of drug-likeness (QED) is 0.221. The summed E-state index contributed by atoms with van der Waals surface area (Å²) < 4.78 is 72.9. The molecule has 0 saturated carbocycles. The first-order valence-electron chi connectivity index (χ1n) is 12.7. The van der Waals surface area contributed by atoms with Gasteiger partial charge in [0.25, 0.3) is 11.5 Å². The molecule has 0 fully saturated rings. The van der Waals surface area contributed by atoms with Gasteiger partial charge in [-0.1, -0.05) is 11.6 Å². The van der Waals surface area contributed by atoms with Gasteiger partial charge in [0.05, 0.1) is 18.3 Å². The molecule has 1 amide bonds. The molecule has 0 aliphatic heterocycles. The fourth-order valence-electron chi connectivity index (χ4n) is 4.15. The van der Waals surface area contributed by atoms with Crippen LogP contribution in [0.3, 0.4) is 0 Å². The predicted molar refractivity (Wildman–Crippen MR) is 149 cm³/mol. The first kappa shape index (κ1) is 31.4. The van der Waals surface area contributed by atoms with Gasteiger partial charge in [-0.25, -0.2) is 8.78 Å². The summed E-state index contributed by atoms with van der Waals surface area (Å²) in [4.78, 5) is 31.3. The van der Waals surface area contributed by atoms with Gasteiger partial charge in [0.2, 0.25) is 5.88 Å². The lowest BCUT2D eigenvalue weighted by Gasteiger charge is -2.15. The van der Waals surface area contributed by atoms with Crippen LogP contribution in [0.15, 0.2) is 53.3 Å². The highest BCUT2D eigenvalue weighted by Gasteiger charge is 2.28. The number of carbonyl (C=O) groups is 1. The summed E-state index contributed by atoms with van der Waals surface area (Å²) in [6, 6.07) is 9.03. The molecule has 2 aromatic carbocycles. The maximum absolute atomic E-state index is 15.2. The molecule has 0 atom stereocenters. The average molecular weight is 625 g/mol. The summed E-state index contributed by atoms with van der Waals surface area (Å²) in [5.41, 5.74) is -2.61. The van der Waals surface area contributed by atoms with Crippen molar-refractivity contribution in [3.05, 3.63) is 81.1 Å². The molecule has 0 spiro atoms. The lowest BCUT2D eigenvalue weighted by molar-refractivity contribution is -0.0498. The number of anilines is 1. The number of nitrogens with one attached hydrogen (secondary N) is 1. The summed E-state index contributed by atoms with van der Waals surface area (Å²) in [5.74, 6) is -3.28. The minimum Gasteiger partial charge on any atom is -0.491 e. The highest BCUT2D eigenvalue weighted by molar-refractivity contribution is 6.30. The smallest absolute Gasteiger partial charge is 0.387 e. The molecule has 0 bridgehead atoms. The Morgan fingerprint density at radius 2 is 1.70 bits per heavy atom. The Balaban J connectivity index is 1.90. The second-order valence-electron chi connectivity index (χ2n) is 9.20. The summed E-state index contributed by atoms with van der Waals surface area (Å²) in [6.07, 6.45) is -0.300. The van der Waals surface area contributed by atoms with Gasteiger partial charge in [0.1, 0.15) is 41.1 Å². The largest absolute Gasteiger partial charge is 0.491 e. The molecule has 0 saturated heterocycles. The zero-order valence-corrected chi connectivity index (χ0v) is 23.7. The van der Waals surface area contributed by atoms with Crippen LogP contribution in [0.2, 0.25) is 5.02 Å². The van der Waals surface area contributed by atoms with Gasteiger partial charge in [-0.3, -0.25) is 14.3 Å². The molecule has 15 heteroatoms. The Labute approximate surface area is 247 Å². The maximum atomic E-state index is 15.2. The van der Waals surface area contributed by atoms with Crippen LogP contribution in [0, 0.1) is 11.6 Å². The van der Waals surface area contributed by atoms with Crippen molar-refractivity contribution < 1.29 is 41.7 Å². The third-order valence-electron chi connectivity index (χ3n) is 5.78. The van der Waals surface area contributed by atoms with E-state index in [1.165, 1.54) is 19.2 Å². The lowest BCUT2D eigenvalue weighted by atomic mass is 10.1. The number of aliphatic hydroxyl groups is 1. The van der Waals surface area contributed by atoms with Crippen molar-refractivity contribution in [3.63, 3.8) is 0 Å². The molecule has 4 rings (SSSR count). The van der Waals surface area contributed by atoms with E-state index in [1.807, 2.05) is 0 Å². The number of rotatable bonds is 11. The second kappa shape index (κ2) is 13.2. The molecular weight excluding hydrogens is 600 g/mol. The highest BCUT2D eigenvalue weighted by atomic mass is 35.5. The number of ether oxygens (including phenoxy) is 3. The molecule has 4 aromatic rings. The summed E-state index contributed by atoms with van der Waals surface area (Å²) >= 11 is 5.81. The van der Waals surface area contributed by atoms with Gasteiger partial charge in [-0.05, 0) is 50.2 Å². The zero-order chi connectivity index (χ0) is 31.4. The first-order valence-corrected chi connectivity index (χ1v) is 13.0. The molecule has 0 aliphatic carbocycles. The number of hydrogen-bond acceptors (Lipinski definition) is 7. The van der Waals surface area contributed by atoms with Gasteiger partial charge < -0.3 is 24.6 Å². The third-order valence-corrected chi connectivity index (χ3v) is 6.00. The van der Waals surface area contributed by atoms with Crippen LogP contribution >= 0.6 is 11.6 Å². The van der Waals surface area contributed by atoms with Crippen LogP contribution in [0.25, 0.3) is 17.1 Å². The molecule has 0 aliphatic rings. The fourth-order valence-corrected chi connectivity index (χ4v) is 4.34. The number of pyridine rings is 1. The van der Waals surface area contributed by atoms with Crippen LogP contribution in [0.4, 0.5) is 23.2 Å². The van der Waals surface area contributed by atoms with E-state index in [0.717, 1.165) is 45.8 Å². The van der Waals surface area contributed by atoms with Crippen molar-refractivity contribution in [3.8, 4) is 34.5 Å². The Bertz CT molecular complexity index is 1670. The Morgan fingerprint density at radius 3 is 2.28 bits per heavy atom. The van der Waals surface area contributed by atoms with E-state index in [2.05, 4.69) is 15.0 Å². The fraction of sp³-hybridized carbons (Fsp3) is 0.250. The normalized spacial score (nSPS) is 11.2. The van der Waals surface area contributed by atoms with Crippen LogP contribution in [-0.4, -0.2) is 51.3 Å². The number of amides is 1. The Hall–Kier alpha value is -4.56. The Kier molecular flexibility index (Phi) is 9.61. The molecule has 2 N–H and O–H groups in total. The van der Waals surface area contributed by atoms with Crippen LogP contribution < -0.4 is 25.1 Å². The van der Waals surface area contributed by atoms with Crippen LogP contribution in [-0.2, 0) is 7.05 Å². The van der Waals surface area contributed by atoms with Crippen molar-refractivity contribution in [1.29, 1.82) is 0 Å². The number of alkyl halides is 2. The van der Waals surface area contributed by atoms with E-state index in [1.54, 1.807) is 13.8 Å². The maximum Gasteiger partial charge on any atom is 0.387 e. The molecule has 2 heterocycles. The van der Waals surface area contributed by atoms with Gasteiger partial charge in [0.15, 0.2) is 5.82 Å². The molecule has 0 radical (unpaired) electrons. The van der Waals surface area contributed by atoms with E-state index in [0.29, 0.717) is 0 Å². The van der Waals surface area contributed by atoms with Crippen LogP contribution in [0.1, 0.15) is 24.2 Å². The summed E-state index contributed by atoms with van der Waals surface area (Å²) in [6.45, 7) is -0.0304. The number of benzene rings is 2. The van der Waals surface area contributed by atoms with Gasteiger partial charge >= 0.3 is 6.61 Å². The van der Waals surface area contributed by atoms with Gasteiger partial charge in [-0.15, -0.1) is 0 Å². The average Bonchev–Trinajstić information content (AvgIpc) is 3.15. The Morgan fingerprint density at radius 1 is 1.05 bits per heavy atom. The van der Waals surface area contributed by atoms with E-state index in [4.69, 9.17) is 21.1 Å². The lowest BCUT2D eigenvalue weighted by Crippen LogP contribution is -2.24. The number of hydrogen-bond donors (Lipinski definition) is 2.